The Labute approximate surface area is 144 Å². The third-order valence-electron chi connectivity index (χ3n) is 4.98. The van der Waals surface area contributed by atoms with Crippen molar-refractivity contribution < 1.29 is 4.79 Å². The number of carbonyl (C=O) groups is 1. The highest BCUT2D eigenvalue weighted by Gasteiger charge is 2.21. The van der Waals surface area contributed by atoms with Crippen molar-refractivity contribution in [1.82, 2.24) is 19.8 Å². The number of carbonyl (C=O) groups excluding carboxylic acids is 1. The van der Waals surface area contributed by atoms with E-state index in [0.717, 1.165) is 55.7 Å². The molecule has 0 saturated carbocycles. The van der Waals surface area contributed by atoms with Crippen LogP contribution in [0.2, 0.25) is 0 Å². The fourth-order valence-electron chi connectivity index (χ4n) is 3.63. The first kappa shape index (κ1) is 15.8. The van der Waals surface area contributed by atoms with Gasteiger partial charge >= 0.3 is 0 Å². The number of aromatic nitrogens is 2. The first-order valence-electron chi connectivity index (χ1n) is 8.72. The van der Waals surface area contributed by atoms with Crippen LogP contribution in [-0.2, 0) is 24.2 Å². The molecule has 1 fully saturated rings. The van der Waals surface area contributed by atoms with Crippen LogP contribution in [-0.4, -0.2) is 46.5 Å². The fourth-order valence-corrected chi connectivity index (χ4v) is 4.85. The minimum atomic E-state index is 0.0208. The molecule has 0 atom stereocenters. The van der Waals surface area contributed by atoms with Crippen molar-refractivity contribution in [2.45, 2.75) is 38.6 Å². The molecule has 4 rings (SSSR count). The quantitative estimate of drug-likeness (QED) is 0.906. The zero-order valence-electron chi connectivity index (χ0n) is 13.7. The van der Waals surface area contributed by atoms with E-state index in [2.05, 4.69) is 10.3 Å². The second-order valence-electron chi connectivity index (χ2n) is 6.51. The van der Waals surface area contributed by atoms with Gasteiger partial charge in [0.1, 0.15) is 4.83 Å². The Morgan fingerprint density at radius 1 is 1.25 bits per heavy atom. The summed E-state index contributed by atoms with van der Waals surface area (Å²) in [5.74, 6) is 0.121. The summed E-state index contributed by atoms with van der Waals surface area (Å²) in [6.45, 7) is 3.61. The topological polar surface area (TPSA) is 67.2 Å². The van der Waals surface area contributed by atoms with E-state index >= 15 is 0 Å². The van der Waals surface area contributed by atoms with Crippen LogP contribution in [0.25, 0.3) is 10.2 Å². The number of piperazine rings is 1. The molecule has 6 nitrogen and oxygen atoms in total. The van der Waals surface area contributed by atoms with Crippen LogP contribution in [0, 0.1) is 0 Å². The van der Waals surface area contributed by atoms with E-state index in [4.69, 9.17) is 0 Å². The van der Waals surface area contributed by atoms with Gasteiger partial charge in [0.2, 0.25) is 5.91 Å². The Balaban J connectivity index is 1.55. The summed E-state index contributed by atoms with van der Waals surface area (Å²) in [6.07, 6.45) is 6.37. The van der Waals surface area contributed by atoms with Crippen LogP contribution in [0.3, 0.4) is 0 Å². The predicted molar refractivity (Wildman–Crippen MR) is 94.6 cm³/mol. The van der Waals surface area contributed by atoms with E-state index in [1.807, 2.05) is 4.90 Å². The van der Waals surface area contributed by atoms with Crippen molar-refractivity contribution in [3.8, 4) is 0 Å². The normalized spacial score (nSPS) is 17.9. The summed E-state index contributed by atoms with van der Waals surface area (Å²) < 4.78 is 1.62. The lowest BCUT2D eigenvalue weighted by Gasteiger charge is -2.27. The van der Waals surface area contributed by atoms with Crippen LogP contribution in [0.1, 0.15) is 29.7 Å². The molecule has 1 aliphatic heterocycles. The third-order valence-corrected chi connectivity index (χ3v) is 6.18. The molecule has 0 aromatic carbocycles. The van der Waals surface area contributed by atoms with Crippen LogP contribution >= 0.6 is 11.3 Å². The Hall–Kier alpha value is -1.73. The SMILES string of the molecule is O=C(CCn1cnc2sc3c(c2c1=O)CCCC3)N1CCNCC1. The minimum absolute atomic E-state index is 0.0208. The molecular weight excluding hydrogens is 324 g/mol. The van der Waals surface area contributed by atoms with Crippen molar-refractivity contribution in [2.75, 3.05) is 26.2 Å². The van der Waals surface area contributed by atoms with E-state index in [1.165, 1.54) is 16.9 Å². The Morgan fingerprint density at radius 2 is 2.04 bits per heavy atom. The largest absolute Gasteiger partial charge is 0.340 e. The van der Waals surface area contributed by atoms with E-state index in [9.17, 15) is 9.59 Å². The Morgan fingerprint density at radius 3 is 2.88 bits per heavy atom. The van der Waals surface area contributed by atoms with Crippen LogP contribution in [0.4, 0.5) is 0 Å². The Kier molecular flexibility index (Phi) is 4.37. The molecule has 0 spiro atoms. The zero-order valence-corrected chi connectivity index (χ0v) is 14.5. The molecular formula is C17H22N4O2S. The number of thiophene rings is 1. The lowest BCUT2D eigenvalue weighted by molar-refractivity contribution is -0.132. The summed E-state index contributed by atoms with van der Waals surface area (Å²) in [7, 11) is 0. The van der Waals surface area contributed by atoms with Gasteiger partial charge in [-0.1, -0.05) is 0 Å². The minimum Gasteiger partial charge on any atom is -0.340 e. The maximum absolute atomic E-state index is 12.8. The van der Waals surface area contributed by atoms with E-state index in [-0.39, 0.29) is 11.5 Å². The van der Waals surface area contributed by atoms with Gasteiger partial charge in [0.25, 0.3) is 5.56 Å². The molecule has 3 heterocycles. The average Bonchev–Trinajstić information content (AvgIpc) is 3.01. The maximum Gasteiger partial charge on any atom is 0.262 e. The molecule has 1 aliphatic carbocycles. The molecule has 0 radical (unpaired) electrons. The maximum atomic E-state index is 12.8. The Bertz CT molecular complexity index is 820. The van der Waals surface area contributed by atoms with E-state index in [0.29, 0.717) is 13.0 Å². The van der Waals surface area contributed by atoms with Crippen LogP contribution < -0.4 is 10.9 Å². The van der Waals surface area contributed by atoms with E-state index < -0.39 is 0 Å². The van der Waals surface area contributed by atoms with Crippen LogP contribution in [0.5, 0.6) is 0 Å². The zero-order chi connectivity index (χ0) is 16.5. The first-order valence-corrected chi connectivity index (χ1v) is 9.54. The summed E-state index contributed by atoms with van der Waals surface area (Å²) in [5.41, 5.74) is 1.23. The van der Waals surface area contributed by atoms with Gasteiger partial charge in [0.15, 0.2) is 0 Å². The van der Waals surface area contributed by atoms with Gasteiger partial charge in [-0.05, 0) is 31.2 Å². The number of nitrogens with one attached hydrogen (secondary N) is 1. The molecule has 1 N–H and O–H groups in total. The highest BCUT2D eigenvalue weighted by atomic mass is 32.1. The molecule has 1 amide bonds. The summed E-state index contributed by atoms with van der Waals surface area (Å²) in [5, 5.41) is 4.04. The fraction of sp³-hybridized carbons (Fsp3) is 0.588. The second kappa shape index (κ2) is 6.64. The number of fused-ring (bicyclic) bond motifs is 3. The number of hydrogen-bond donors (Lipinski definition) is 1. The lowest BCUT2D eigenvalue weighted by Crippen LogP contribution is -2.46. The van der Waals surface area contributed by atoms with Crippen LogP contribution in [0.15, 0.2) is 11.1 Å². The van der Waals surface area contributed by atoms with Crippen molar-refractivity contribution in [3.63, 3.8) is 0 Å². The molecule has 24 heavy (non-hydrogen) atoms. The summed E-state index contributed by atoms with van der Waals surface area (Å²) in [6, 6.07) is 0. The molecule has 2 aromatic heterocycles. The summed E-state index contributed by atoms with van der Waals surface area (Å²) >= 11 is 1.66. The standard InChI is InChI=1S/C17H22N4O2S/c22-14(20-9-6-18-7-10-20)5-8-21-11-19-16-15(17(21)23)12-3-1-2-4-13(12)24-16/h11,18H,1-10H2. The second-order valence-corrected chi connectivity index (χ2v) is 7.60. The van der Waals surface area contributed by atoms with Gasteiger partial charge in [0.05, 0.1) is 11.7 Å². The van der Waals surface area contributed by atoms with Crippen molar-refractivity contribution in [1.29, 1.82) is 0 Å². The highest BCUT2D eigenvalue weighted by molar-refractivity contribution is 7.18. The van der Waals surface area contributed by atoms with Gasteiger partial charge in [-0.25, -0.2) is 4.98 Å². The lowest BCUT2D eigenvalue weighted by atomic mass is 9.97. The first-order chi connectivity index (χ1) is 11.7. The van der Waals surface area contributed by atoms with Gasteiger partial charge in [-0.15, -0.1) is 11.3 Å². The van der Waals surface area contributed by atoms with Gasteiger partial charge in [-0.3, -0.25) is 14.2 Å². The number of nitrogens with zero attached hydrogens (tertiary/aromatic N) is 3. The molecule has 0 unspecified atom stereocenters. The third kappa shape index (κ3) is 2.86. The van der Waals surface area contributed by atoms with Crippen molar-refractivity contribution >= 4 is 27.5 Å². The van der Waals surface area contributed by atoms with Gasteiger partial charge in [0, 0.05) is 44.0 Å². The highest BCUT2D eigenvalue weighted by Crippen LogP contribution is 2.33. The van der Waals surface area contributed by atoms with Gasteiger partial charge < -0.3 is 10.2 Å². The van der Waals surface area contributed by atoms with Crippen molar-refractivity contribution in [2.24, 2.45) is 0 Å². The number of aryl methyl sites for hydroxylation is 3. The molecule has 1 saturated heterocycles. The molecule has 128 valence electrons. The number of amides is 1. The van der Waals surface area contributed by atoms with E-state index in [1.54, 1.807) is 22.2 Å². The van der Waals surface area contributed by atoms with Gasteiger partial charge in [-0.2, -0.15) is 0 Å². The molecule has 7 heteroatoms. The molecule has 2 aromatic rings. The summed E-state index contributed by atoms with van der Waals surface area (Å²) in [4.78, 5) is 33.7. The monoisotopic (exact) mass is 346 g/mol. The number of rotatable bonds is 3. The average molecular weight is 346 g/mol. The smallest absolute Gasteiger partial charge is 0.262 e. The van der Waals surface area contributed by atoms with Crippen molar-refractivity contribution in [3.05, 3.63) is 27.1 Å². The molecule has 0 bridgehead atoms. The number of hydrogen-bond acceptors (Lipinski definition) is 5. The predicted octanol–water partition coefficient (Wildman–Crippen LogP) is 1.16. The molecule has 2 aliphatic rings.